The Labute approximate surface area is 180 Å². The third kappa shape index (κ3) is 5.93. The SMILES string of the molecule is Cc1cccc(NC(=O)NC(C(=O)N(CC(=O)[O-])c2ccccc2)c2ccccc2)c1. The zero-order valence-corrected chi connectivity index (χ0v) is 16.9. The van der Waals surface area contributed by atoms with Crippen molar-refractivity contribution in [1.29, 1.82) is 0 Å². The van der Waals surface area contributed by atoms with Crippen LogP contribution in [0.3, 0.4) is 0 Å². The van der Waals surface area contributed by atoms with Crippen molar-refractivity contribution in [3.05, 3.63) is 96.1 Å². The molecule has 2 N–H and O–H groups in total. The highest BCUT2D eigenvalue weighted by Gasteiger charge is 2.28. The number of aliphatic carboxylic acids is 1. The maximum absolute atomic E-state index is 13.4. The van der Waals surface area contributed by atoms with Crippen LogP contribution in [0.4, 0.5) is 16.2 Å². The molecule has 0 radical (unpaired) electrons. The Morgan fingerprint density at radius 2 is 1.55 bits per heavy atom. The van der Waals surface area contributed by atoms with E-state index in [0.29, 0.717) is 16.9 Å². The number of urea groups is 1. The summed E-state index contributed by atoms with van der Waals surface area (Å²) in [4.78, 5) is 38.5. The van der Waals surface area contributed by atoms with Crippen molar-refractivity contribution in [2.75, 3.05) is 16.8 Å². The molecule has 3 amide bonds. The van der Waals surface area contributed by atoms with Gasteiger partial charge in [-0.25, -0.2) is 4.79 Å². The normalized spacial score (nSPS) is 11.3. The summed E-state index contributed by atoms with van der Waals surface area (Å²) in [6.07, 6.45) is 0. The maximum atomic E-state index is 13.4. The summed E-state index contributed by atoms with van der Waals surface area (Å²) in [5, 5.41) is 16.7. The molecule has 0 bridgehead atoms. The van der Waals surface area contributed by atoms with Crippen molar-refractivity contribution >= 4 is 29.3 Å². The molecule has 0 heterocycles. The average molecular weight is 416 g/mol. The van der Waals surface area contributed by atoms with E-state index in [2.05, 4.69) is 10.6 Å². The Morgan fingerprint density at radius 1 is 0.903 bits per heavy atom. The largest absolute Gasteiger partial charge is 0.548 e. The maximum Gasteiger partial charge on any atom is 0.320 e. The fourth-order valence-electron chi connectivity index (χ4n) is 3.14. The van der Waals surface area contributed by atoms with Gasteiger partial charge < -0.3 is 25.4 Å². The zero-order valence-electron chi connectivity index (χ0n) is 16.9. The quantitative estimate of drug-likeness (QED) is 0.618. The van der Waals surface area contributed by atoms with Crippen LogP contribution in [0, 0.1) is 6.92 Å². The van der Waals surface area contributed by atoms with Crippen molar-refractivity contribution in [1.82, 2.24) is 5.32 Å². The monoisotopic (exact) mass is 416 g/mol. The van der Waals surface area contributed by atoms with Crippen LogP contribution in [0.15, 0.2) is 84.9 Å². The van der Waals surface area contributed by atoms with Crippen LogP contribution in [-0.2, 0) is 9.59 Å². The number of carboxylic acid groups (broad SMARTS) is 1. The van der Waals surface area contributed by atoms with Crippen LogP contribution < -0.4 is 20.6 Å². The molecule has 0 aliphatic rings. The minimum atomic E-state index is -1.41. The second-order valence-corrected chi connectivity index (χ2v) is 6.94. The highest BCUT2D eigenvalue weighted by atomic mass is 16.4. The van der Waals surface area contributed by atoms with E-state index in [9.17, 15) is 19.5 Å². The van der Waals surface area contributed by atoms with Gasteiger partial charge in [-0.2, -0.15) is 0 Å². The van der Waals surface area contributed by atoms with E-state index >= 15 is 0 Å². The van der Waals surface area contributed by atoms with Crippen LogP contribution in [0.2, 0.25) is 0 Å². The summed E-state index contributed by atoms with van der Waals surface area (Å²) in [5.74, 6) is -2.01. The van der Waals surface area contributed by atoms with Gasteiger partial charge in [-0.15, -0.1) is 0 Å². The van der Waals surface area contributed by atoms with Gasteiger partial charge in [0, 0.05) is 11.4 Å². The van der Waals surface area contributed by atoms with Gasteiger partial charge >= 0.3 is 6.03 Å². The molecular formula is C24H22N3O4-. The lowest BCUT2D eigenvalue weighted by atomic mass is 10.1. The summed E-state index contributed by atoms with van der Waals surface area (Å²) in [5.41, 5.74) is 2.45. The van der Waals surface area contributed by atoms with Gasteiger partial charge in [-0.05, 0) is 42.3 Å². The average Bonchev–Trinajstić information content (AvgIpc) is 2.76. The number of carboxylic acids is 1. The van der Waals surface area contributed by atoms with Gasteiger partial charge in [-0.1, -0.05) is 60.7 Å². The van der Waals surface area contributed by atoms with Gasteiger partial charge in [0.05, 0.1) is 12.5 Å². The van der Waals surface area contributed by atoms with Gasteiger partial charge in [0.2, 0.25) is 0 Å². The molecule has 7 heteroatoms. The molecule has 0 aromatic heterocycles. The summed E-state index contributed by atoms with van der Waals surface area (Å²) < 4.78 is 0. The summed E-state index contributed by atoms with van der Waals surface area (Å²) >= 11 is 0. The molecule has 0 saturated heterocycles. The van der Waals surface area contributed by atoms with Gasteiger partial charge in [0.1, 0.15) is 6.04 Å². The molecule has 1 atom stereocenters. The lowest BCUT2D eigenvalue weighted by Gasteiger charge is -2.28. The van der Waals surface area contributed by atoms with Crippen molar-refractivity contribution < 1.29 is 19.5 Å². The molecule has 7 nitrogen and oxygen atoms in total. The number of benzene rings is 3. The molecule has 158 valence electrons. The van der Waals surface area contributed by atoms with Crippen LogP contribution in [0.5, 0.6) is 0 Å². The number of rotatable bonds is 7. The number of anilines is 2. The second kappa shape index (κ2) is 10.1. The Bertz CT molecular complexity index is 1050. The first kappa shape index (κ1) is 21.6. The van der Waals surface area contributed by atoms with Crippen LogP contribution in [0.25, 0.3) is 0 Å². The number of nitrogens with one attached hydrogen (secondary N) is 2. The number of carbonyl (C=O) groups excluding carboxylic acids is 3. The van der Waals surface area contributed by atoms with E-state index in [1.165, 1.54) is 0 Å². The van der Waals surface area contributed by atoms with E-state index in [1.54, 1.807) is 72.8 Å². The number of hydrogen-bond acceptors (Lipinski definition) is 4. The number of aryl methyl sites for hydroxylation is 1. The fraction of sp³-hybridized carbons (Fsp3) is 0.125. The van der Waals surface area contributed by atoms with Gasteiger partial charge in [-0.3, -0.25) is 4.79 Å². The number of hydrogen-bond donors (Lipinski definition) is 2. The second-order valence-electron chi connectivity index (χ2n) is 6.94. The fourth-order valence-corrected chi connectivity index (χ4v) is 3.14. The molecule has 0 fully saturated rings. The van der Waals surface area contributed by atoms with E-state index in [0.717, 1.165) is 10.5 Å². The van der Waals surface area contributed by atoms with Gasteiger partial charge in [0.15, 0.2) is 0 Å². The predicted molar refractivity (Wildman–Crippen MR) is 116 cm³/mol. The van der Waals surface area contributed by atoms with E-state index in [1.807, 2.05) is 19.1 Å². The molecule has 31 heavy (non-hydrogen) atoms. The third-order valence-electron chi connectivity index (χ3n) is 4.55. The molecular weight excluding hydrogens is 394 g/mol. The summed E-state index contributed by atoms with van der Waals surface area (Å²) in [6.45, 7) is 1.25. The minimum absolute atomic E-state index is 0.388. The first-order valence-electron chi connectivity index (χ1n) is 9.69. The molecule has 0 spiro atoms. The highest BCUT2D eigenvalue weighted by Crippen LogP contribution is 2.21. The Balaban J connectivity index is 1.89. The minimum Gasteiger partial charge on any atom is -0.548 e. The van der Waals surface area contributed by atoms with E-state index in [-0.39, 0.29) is 0 Å². The van der Waals surface area contributed by atoms with Crippen molar-refractivity contribution in [3.63, 3.8) is 0 Å². The van der Waals surface area contributed by atoms with Gasteiger partial charge in [0.25, 0.3) is 5.91 Å². The predicted octanol–water partition coefficient (Wildman–Crippen LogP) is 2.64. The van der Waals surface area contributed by atoms with E-state index < -0.39 is 30.5 Å². The zero-order chi connectivity index (χ0) is 22.2. The molecule has 0 aliphatic carbocycles. The highest BCUT2D eigenvalue weighted by molar-refractivity contribution is 6.03. The lowest BCUT2D eigenvalue weighted by Crippen LogP contribution is -2.48. The number of carbonyl (C=O) groups is 3. The van der Waals surface area contributed by atoms with Crippen LogP contribution in [0.1, 0.15) is 17.2 Å². The van der Waals surface area contributed by atoms with Crippen molar-refractivity contribution in [2.24, 2.45) is 0 Å². The Kier molecular flexibility index (Phi) is 7.01. The first-order chi connectivity index (χ1) is 14.9. The summed E-state index contributed by atoms with van der Waals surface area (Å²) in [7, 11) is 0. The third-order valence-corrected chi connectivity index (χ3v) is 4.55. The molecule has 0 aliphatic heterocycles. The first-order valence-corrected chi connectivity index (χ1v) is 9.69. The number of amides is 3. The van der Waals surface area contributed by atoms with Crippen LogP contribution >= 0.6 is 0 Å². The topological polar surface area (TPSA) is 102 Å². The summed E-state index contributed by atoms with van der Waals surface area (Å²) in [6, 6.07) is 22.6. The van der Waals surface area contributed by atoms with Crippen molar-refractivity contribution in [2.45, 2.75) is 13.0 Å². The standard InChI is InChI=1S/C24H23N3O4/c1-17-9-8-12-19(15-17)25-24(31)26-22(18-10-4-2-5-11-18)23(30)27(16-21(28)29)20-13-6-3-7-14-20/h2-15,22H,16H2,1H3,(H,28,29)(H2,25,26,31)/p-1. The van der Waals surface area contributed by atoms with Crippen LogP contribution in [-0.4, -0.2) is 24.5 Å². The molecule has 3 aromatic carbocycles. The molecule has 0 saturated carbocycles. The molecule has 3 aromatic rings. The Hall–Kier alpha value is -4.13. The Morgan fingerprint density at radius 3 is 2.16 bits per heavy atom. The molecule has 3 rings (SSSR count). The smallest absolute Gasteiger partial charge is 0.320 e. The number of para-hydroxylation sites is 1. The lowest BCUT2D eigenvalue weighted by molar-refractivity contribution is -0.303. The molecule has 1 unspecified atom stereocenters. The number of nitrogens with zero attached hydrogens (tertiary/aromatic N) is 1. The van der Waals surface area contributed by atoms with E-state index in [4.69, 9.17) is 0 Å². The van der Waals surface area contributed by atoms with Crippen molar-refractivity contribution in [3.8, 4) is 0 Å².